The fraction of sp³-hybridized carbons (Fsp3) is 0.316. The summed E-state index contributed by atoms with van der Waals surface area (Å²) < 4.78 is 15.3. The average molecular weight is 374 g/mol. The van der Waals surface area contributed by atoms with Gasteiger partial charge in [-0.25, -0.2) is 14.2 Å². The number of aryl methyl sites for hydroxylation is 1. The molecule has 136 valence electrons. The van der Waals surface area contributed by atoms with Crippen LogP contribution < -0.4 is 5.56 Å². The first-order chi connectivity index (χ1) is 12.3. The molecule has 7 heteroatoms. The minimum absolute atomic E-state index is 0.0356. The van der Waals surface area contributed by atoms with Gasteiger partial charge in [-0.05, 0) is 38.0 Å². The summed E-state index contributed by atoms with van der Waals surface area (Å²) in [6.07, 6.45) is 0.791. The van der Waals surface area contributed by atoms with E-state index in [9.17, 15) is 19.1 Å². The number of carboxylic acid groups (broad SMARTS) is 1. The number of rotatable bonds is 5. The van der Waals surface area contributed by atoms with Crippen LogP contribution in [-0.4, -0.2) is 20.6 Å². The van der Waals surface area contributed by atoms with Crippen molar-refractivity contribution in [1.82, 2.24) is 9.55 Å². The van der Waals surface area contributed by atoms with E-state index in [1.807, 2.05) is 6.92 Å². The Morgan fingerprint density at radius 3 is 2.65 bits per heavy atom. The third-order valence-electron chi connectivity index (χ3n) is 4.42. The lowest BCUT2D eigenvalue weighted by atomic mass is 10.0. The summed E-state index contributed by atoms with van der Waals surface area (Å²) >= 11 is 1.40. The van der Waals surface area contributed by atoms with Gasteiger partial charge in [0, 0.05) is 11.3 Å². The molecule has 0 aliphatic carbocycles. The maximum absolute atomic E-state index is 14.1. The van der Waals surface area contributed by atoms with Crippen LogP contribution in [0, 0.1) is 5.82 Å². The van der Waals surface area contributed by atoms with E-state index in [0.29, 0.717) is 15.8 Å². The van der Waals surface area contributed by atoms with Gasteiger partial charge < -0.3 is 5.11 Å². The molecule has 2 aromatic heterocycles. The summed E-state index contributed by atoms with van der Waals surface area (Å²) in [5, 5.41) is 10.0. The Labute approximate surface area is 153 Å². The Bertz CT molecular complexity index is 1050. The molecule has 0 fully saturated rings. The second kappa shape index (κ2) is 6.64. The van der Waals surface area contributed by atoms with Gasteiger partial charge in [-0.3, -0.25) is 9.36 Å². The molecule has 0 bridgehead atoms. The zero-order chi connectivity index (χ0) is 19.1. The zero-order valence-electron chi connectivity index (χ0n) is 14.7. The Balaban J connectivity index is 2.30. The highest BCUT2D eigenvalue weighted by Gasteiger charge is 2.34. The van der Waals surface area contributed by atoms with Gasteiger partial charge in [-0.1, -0.05) is 25.1 Å². The highest BCUT2D eigenvalue weighted by molar-refractivity contribution is 7.18. The van der Waals surface area contributed by atoms with Crippen LogP contribution in [0.5, 0.6) is 0 Å². The van der Waals surface area contributed by atoms with Crippen LogP contribution in [0.25, 0.3) is 10.2 Å². The second-order valence-electron chi connectivity index (χ2n) is 6.59. The summed E-state index contributed by atoms with van der Waals surface area (Å²) in [7, 11) is 0. The maximum Gasteiger partial charge on any atom is 0.329 e. The number of carbonyl (C=O) groups is 1. The predicted octanol–water partition coefficient (Wildman–Crippen LogP) is 3.57. The number of fused-ring (bicyclic) bond motifs is 1. The van der Waals surface area contributed by atoms with Crippen LogP contribution in [-0.2, 0) is 23.2 Å². The molecule has 26 heavy (non-hydrogen) atoms. The molecule has 0 saturated carbocycles. The molecule has 0 aliphatic rings. The minimum atomic E-state index is -1.51. The highest BCUT2D eigenvalue weighted by Crippen LogP contribution is 2.26. The van der Waals surface area contributed by atoms with E-state index in [1.54, 1.807) is 24.3 Å². The predicted molar refractivity (Wildman–Crippen MR) is 99.4 cm³/mol. The molecule has 1 aromatic carbocycles. The average Bonchev–Trinajstić information content (AvgIpc) is 3.00. The molecular weight excluding hydrogens is 355 g/mol. The number of halogens is 1. The van der Waals surface area contributed by atoms with Gasteiger partial charge in [-0.15, -0.1) is 11.3 Å². The van der Waals surface area contributed by atoms with Crippen molar-refractivity contribution in [3.05, 3.63) is 62.8 Å². The van der Waals surface area contributed by atoms with E-state index < -0.39 is 22.9 Å². The third-order valence-corrected chi connectivity index (χ3v) is 5.60. The monoisotopic (exact) mass is 374 g/mol. The number of nitrogens with zero attached hydrogens (tertiary/aromatic N) is 2. The van der Waals surface area contributed by atoms with Crippen molar-refractivity contribution in [2.75, 3.05) is 0 Å². The Hall–Kier alpha value is -2.54. The summed E-state index contributed by atoms with van der Waals surface area (Å²) in [6.45, 7) is 4.87. The van der Waals surface area contributed by atoms with Crippen molar-refractivity contribution in [3.8, 4) is 0 Å². The van der Waals surface area contributed by atoms with Gasteiger partial charge in [0.25, 0.3) is 5.56 Å². The normalized spacial score (nSPS) is 11.8. The molecular formula is C19H19FN2O3S. The van der Waals surface area contributed by atoms with Crippen LogP contribution in [0.1, 0.15) is 37.0 Å². The summed E-state index contributed by atoms with van der Waals surface area (Å²) in [4.78, 5) is 30.9. The molecule has 0 unspecified atom stereocenters. The van der Waals surface area contributed by atoms with Crippen molar-refractivity contribution in [2.45, 2.75) is 39.2 Å². The Morgan fingerprint density at radius 2 is 2.04 bits per heavy atom. The van der Waals surface area contributed by atoms with Crippen molar-refractivity contribution >= 4 is 27.5 Å². The lowest BCUT2D eigenvalue weighted by molar-refractivity contribution is -0.146. The highest BCUT2D eigenvalue weighted by atomic mass is 32.1. The van der Waals surface area contributed by atoms with Gasteiger partial charge in [-0.2, -0.15) is 0 Å². The van der Waals surface area contributed by atoms with Crippen LogP contribution in [0.4, 0.5) is 4.39 Å². The van der Waals surface area contributed by atoms with Gasteiger partial charge in [0.1, 0.15) is 22.0 Å². The second-order valence-corrected chi connectivity index (χ2v) is 7.70. The molecule has 0 radical (unpaired) electrons. The van der Waals surface area contributed by atoms with E-state index >= 15 is 0 Å². The van der Waals surface area contributed by atoms with E-state index in [4.69, 9.17) is 0 Å². The van der Waals surface area contributed by atoms with Crippen molar-refractivity contribution in [1.29, 1.82) is 0 Å². The van der Waals surface area contributed by atoms with Crippen LogP contribution in [0.15, 0.2) is 35.1 Å². The van der Waals surface area contributed by atoms with Crippen LogP contribution in [0.3, 0.4) is 0 Å². The number of aliphatic carboxylic acids is 1. The summed E-state index contributed by atoms with van der Waals surface area (Å²) in [5.74, 6) is -1.33. The molecule has 0 spiro atoms. The lowest BCUT2D eigenvalue weighted by Gasteiger charge is -2.25. The fourth-order valence-electron chi connectivity index (χ4n) is 2.85. The minimum Gasteiger partial charge on any atom is -0.480 e. The van der Waals surface area contributed by atoms with E-state index in [2.05, 4.69) is 4.98 Å². The first-order valence-electron chi connectivity index (χ1n) is 8.27. The summed E-state index contributed by atoms with van der Waals surface area (Å²) in [5.41, 5.74) is -1.56. The quantitative estimate of drug-likeness (QED) is 0.741. The molecule has 1 N–H and O–H groups in total. The van der Waals surface area contributed by atoms with Gasteiger partial charge in [0.2, 0.25) is 0 Å². The van der Waals surface area contributed by atoms with Crippen molar-refractivity contribution < 1.29 is 14.3 Å². The first-order valence-corrected chi connectivity index (χ1v) is 9.09. The topological polar surface area (TPSA) is 72.2 Å². The Kier molecular flexibility index (Phi) is 4.66. The standard InChI is InChI=1S/C19H19FN2O3S/c1-4-12-10-13-16(26-12)21-15(9-11-7-5-6-8-14(11)20)22(17(13)23)19(2,3)18(24)25/h5-8,10H,4,9H2,1-3H3,(H,24,25). The van der Waals surface area contributed by atoms with E-state index in [-0.39, 0.29) is 12.2 Å². The lowest BCUT2D eigenvalue weighted by Crippen LogP contribution is -2.44. The number of hydrogen-bond acceptors (Lipinski definition) is 4. The van der Waals surface area contributed by atoms with Crippen LogP contribution in [0.2, 0.25) is 0 Å². The van der Waals surface area contributed by atoms with Crippen LogP contribution >= 0.6 is 11.3 Å². The summed E-state index contributed by atoms with van der Waals surface area (Å²) in [6, 6.07) is 7.98. The van der Waals surface area contributed by atoms with Gasteiger partial charge >= 0.3 is 5.97 Å². The largest absolute Gasteiger partial charge is 0.480 e. The third kappa shape index (κ3) is 3.03. The molecule has 2 heterocycles. The number of benzene rings is 1. The fourth-order valence-corrected chi connectivity index (χ4v) is 3.83. The van der Waals surface area contributed by atoms with Crippen molar-refractivity contribution in [3.63, 3.8) is 0 Å². The molecule has 0 atom stereocenters. The first kappa shape index (κ1) is 18.3. The van der Waals surface area contributed by atoms with E-state index in [0.717, 1.165) is 11.3 Å². The Morgan fingerprint density at radius 1 is 1.35 bits per heavy atom. The molecule has 0 saturated heterocycles. The zero-order valence-corrected chi connectivity index (χ0v) is 15.6. The smallest absolute Gasteiger partial charge is 0.329 e. The number of thiophene rings is 1. The molecule has 0 aliphatic heterocycles. The number of aromatic nitrogens is 2. The van der Waals surface area contributed by atoms with Crippen molar-refractivity contribution in [2.24, 2.45) is 0 Å². The molecule has 5 nitrogen and oxygen atoms in total. The molecule has 3 aromatic rings. The van der Waals surface area contributed by atoms with Gasteiger partial charge in [0.05, 0.1) is 5.39 Å². The number of hydrogen-bond donors (Lipinski definition) is 1. The number of carboxylic acids is 1. The SMILES string of the molecule is CCc1cc2c(=O)n(C(C)(C)C(=O)O)c(Cc3ccccc3F)nc2s1. The molecule has 0 amide bonds. The van der Waals surface area contributed by atoms with E-state index in [1.165, 1.54) is 35.8 Å². The van der Waals surface area contributed by atoms with Gasteiger partial charge in [0.15, 0.2) is 0 Å². The molecule has 3 rings (SSSR count). The maximum atomic E-state index is 14.1.